The fourth-order valence-electron chi connectivity index (χ4n) is 1.78. The number of carbonyl (C=O) groups is 1. The van der Waals surface area contributed by atoms with Gasteiger partial charge in [-0.25, -0.2) is 0 Å². The average Bonchev–Trinajstić information content (AvgIpc) is 2.30. The van der Waals surface area contributed by atoms with Gasteiger partial charge in [0.1, 0.15) is 0 Å². The molecule has 0 radical (unpaired) electrons. The van der Waals surface area contributed by atoms with E-state index in [0.717, 1.165) is 18.7 Å². The first kappa shape index (κ1) is 14.8. The molecule has 2 nitrogen and oxygen atoms in total. The van der Waals surface area contributed by atoms with Gasteiger partial charge in [0, 0.05) is 5.56 Å². The summed E-state index contributed by atoms with van der Waals surface area (Å²) in [6.07, 6.45) is 0. The van der Waals surface area contributed by atoms with E-state index in [1.807, 2.05) is 37.3 Å². The smallest absolute Gasteiger partial charge is 0.179 e. The third-order valence-electron chi connectivity index (χ3n) is 2.80. The Morgan fingerprint density at radius 3 is 2.12 bits per heavy atom. The molecule has 0 N–H and O–H groups in total. The molecule has 16 heavy (non-hydrogen) atoms. The van der Waals surface area contributed by atoms with Gasteiger partial charge in [0.05, 0.1) is 6.04 Å². The van der Waals surface area contributed by atoms with Gasteiger partial charge in [-0.2, -0.15) is 0 Å². The van der Waals surface area contributed by atoms with Gasteiger partial charge >= 0.3 is 0 Å². The van der Waals surface area contributed by atoms with E-state index in [4.69, 9.17) is 0 Å². The van der Waals surface area contributed by atoms with Crippen molar-refractivity contribution in [3.8, 4) is 0 Å². The first-order valence-electron chi connectivity index (χ1n) is 5.54. The molecular formula is C14H23NO. The van der Waals surface area contributed by atoms with Crippen molar-refractivity contribution < 1.29 is 4.79 Å². The van der Waals surface area contributed by atoms with E-state index >= 15 is 0 Å². The van der Waals surface area contributed by atoms with E-state index in [1.165, 1.54) is 0 Å². The van der Waals surface area contributed by atoms with Gasteiger partial charge in [0.15, 0.2) is 5.78 Å². The fourth-order valence-corrected chi connectivity index (χ4v) is 1.78. The first-order valence-corrected chi connectivity index (χ1v) is 5.54. The van der Waals surface area contributed by atoms with Gasteiger partial charge < -0.3 is 0 Å². The Morgan fingerprint density at radius 1 is 1.19 bits per heavy atom. The van der Waals surface area contributed by atoms with Crippen LogP contribution in [-0.4, -0.2) is 29.8 Å². The zero-order valence-corrected chi connectivity index (χ0v) is 9.73. The molecule has 1 rings (SSSR count). The molecule has 0 saturated heterocycles. The predicted molar refractivity (Wildman–Crippen MR) is 69.9 cm³/mol. The molecule has 1 aromatic rings. The standard InChI is InChI=1S/C13H19NO.CH4/c1-4-14(5-2)11(3)13(15)12-9-7-6-8-10-12;/h6-11H,4-5H2,1-3H3;1H4. The number of hydrogen-bond acceptors (Lipinski definition) is 2. The summed E-state index contributed by atoms with van der Waals surface area (Å²) in [4.78, 5) is 14.2. The highest BCUT2D eigenvalue weighted by atomic mass is 16.1. The Labute approximate surface area is 99.3 Å². The third kappa shape index (κ3) is 3.46. The molecule has 0 aliphatic heterocycles. The van der Waals surface area contributed by atoms with Gasteiger partial charge in [-0.05, 0) is 20.0 Å². The number of carbonyl (C=O) groups excluding carboxylic acids is 1. The van der Waals surface area contributed by atoms with Crippen LogP contribution in [0, 0.1) is 0 Å². The highest BCUT2D eigenvalue weighted by Gasteiger charge is 2.19. The summed E-state index contributed by atoms with van der Waals surface area (Å²) < 4.78 is 0. The van der Waals surface area contributed by atoms with Crippen LogP contribution in [0.15, 0.2) is 30.3 Å². The summed E-state index contributed by atoms with van der Waals surface area (Å²) in [6, 6.07) is 9.47. The molecule has 0 spiro atoms. The van der Waals surface area contributed by atoms with Crippen molar-refractivity contribution in [2.24, 2.45) is 0 Å². The second-order valence-corrected chi connectivity index (χ2v) is 3.63. The van der Waals surface area contributed by atoms with Crippen LogP contribution < -0.4 is 0 Å². The van der Waals surface area contributed by atoms with Crippen molar-refractivity contribution in [2.75, 3.05) is 13.1 Å². The summed E-state index contributed by atoms with van der Waals surface area (Å²) in [5, 5.41) is 0. The maximum atomic E-state index is 12.1. The average molecular weight is 221 g/mol. The number of nitrogens with zero attached hydrogens (tertiary/aromatic N) is 1. The topological polar surface area (TPSA) is 20.3 Å². The number of ketones is 1. The van der Waals surface area contributed by atoms with Crippen LogP contribution in [-0.2, 0) is 0 Å². The van der Waals surface area contributed by atoms with E-state index in [1.54, 1.807) is 0 Å². The number of benzene rings is 1. The lowest BCUT2D eigenvalue weighted by Gasteiger charge is -2.25. The quantitative estimate of drug-likeness (QED) is 0.711. The molecule has 0 saturated carbocycles. The van der Waals surface area contributed by atoms with E-state index in [-0.39, 0.29) is 19.3 Å². The van der Waals surface area contributed by atoms with Crippen molar-refractivity contribution in [3.63, 3.8) is 0 Å². The van der Waals surface area contributed by atoms with E-state index in [9.17, 15) is 4.79 Å². The molecule has 0 heterocycles. The lowest BCUT2D eigenvalue weighted by molar-refractivity contribution is 0.0851. The lowest BCUT2D eigenvalue weighted by atomic mass is 10.0. The second kappa shape index (κ2) is 7.18. The van der Waals surface area contributed by atoms with Crippen molar-refractivity contribution in [3.05, 3.63) is 35.9 Å². The Kier molecular flexibility index (Phi) is 6.66. The van der Waals surface area contributed by atoms with Crippen LogP contribution in [0.25, 0.3) is 0 Å². The molecule has 0 aliphatic carbocycles. The highest BCUT2D eigenvalue weighted by molar-refractivity contribution is 5.99. The zero-order valence-electron chi connectivity index (χ0n) is 9.73. The van der Waals surface area contributed by atoms with Crippen molar-refractivity contribution >= 4 is 5.78 Å². The largest absolute Gasteiger partial charge is 0.294 e. The molecular weight excluding hydrogens is 198 g/mol. The minimum absolute atomic E-state index is 0. The Balaban J connectivity index is 0.00000225. The first-order chi connectivity index (χ1) is 7.20. The van der Waals surface area contributed by atoms with Gasteiger partial charge in [-0.15, -0.1) is 0 Å². The molecule has 0 fully saturated rings. The van der Waals surface area contributed by atoms with E-state index in [2.05, 4.69) is 18.7 Å². The van der Waals surface area contributed by atoms with E-state index < -0.39 is 0 Å². The van der Waals surface area contributed by atoms with Crippen LogP contribution >= 0.6 is 0 Å². The number of hydrogen-bond donors (Lipinski definition) is 0. The minimum atomic E-state index is -0.0256. The number of rotatable bonds is 5. The summed E-state index contributed by atoms with van der Waals surface area (Å²) >= 11 is 0. The molecule has 0 aromatic heterocycles. The normalized spacial score (nSPS) is 12.0. The van der Waals surface area contributed by atoms with Gasteiger partial charge in [0.2, 0.25) is 0 Å². The Hall–Kier alpha value is -1.15. The summed E-state index contributed by atoms with van der Waals surface area (Å²) in [7, 11) is 0. The summed E-state index contributed by atoms with van der Waals surface area (Å²) in [5.41, 5.74) is 0.803. The molecule has 1 unspecified atom stereocenters. The van der Waals surface area contributed by atoms with Crippen molar-refractivity contribution in [2.45, 2.75) is 34.2 Å². The van der Waals surface area contributed by atoms with Gasteiger partial charge in [-0.3, -0.25) is 9.69 Å². The molecule has 0 amide bonds. The summed E-state index contributed by atoms with van der Waals surface area (Å²) in [5.74, 6) is 0.208. The maximum absolute atomic E-state index is 12.1. The number of Topliss-reactive ketones (excluding diaryl/α,β-unsaturated/α-hetero) is 1. The fraction of sp³-hybridized carbons (Fsp3) is 0.500. The Bertz CT molecular complexity index is 304. The second-order valence-electron chi connectivity index (χ2n) is 3.63. The van der Waals surface area contributed by atoms with Crippen molar-refractivity contribution in [1.82, 2.24) is 4.90 Å². The molecule has 1 aromatic carbocycles. The zero-order chi connectivity index (χ0) is 11.3. The van der Waals surface area contributed by atoms with Crippen LogP contribution in [0.5, 0.6) is 0 Å². The van der Waals surface area contributed by atoms with Crippen LogP contribution in [0.3, 0.4) is 0 Å². The van der Waals surface area contributed by atoms with Gasteiger partial charge in [-0.1, -0.05) is 51.6 Å². The van der Waals surface area contributed by atoms with E-state index in [0.29, 0.717) is 0 Å². The molecule has 1 atom stereocenters. The summed E-state index contributed by atoms with van der Waals surface area (Å²) in [6.45, 7) is 7.96. The number of likely N-dealkylation sites (N-methyl/N-ethyl adjacent to an activating group) is 1. The monoisotopic (exact) mass is 221 g/mol. The molecule has 0 bridgehead atoms. The SMILES string of the molecule is C.CCN(CC)C(C)C(=O)c1ccccc1. The third-order valence-corrected chi connectivity index (χ3v) is 2.80. The van der Waals surface area contributed by atoms with Crippen LogP contribution in [0.2, 0.25) is 0 Å². The van der Waals surface area contributed by atoms with Crippen LogP contribution in [0.1, 0.15) is 38.6 Å². The minimum Gasteiger partial charge on any atom is -0.294 e. The maximum Gasteiger partial charge on any atom is 0.179 e. The lowest BCUT2D eigenvalue weighted by Crippen LogP contribution is -2.38. The molecule has 0 aliphatic rings. The predicted octanol–water partition coefficient (Wildman–Crippen LogP) is 3.24. The molecule has 90 valence electrons. The van der Waals surface area contributed by atoms with Gasteiger partial charge in [0.25, 0.3) is 0 Å². The van der Waals surface area contributed by atoms with Crippen molar-refractivity contribution in [1.29, 1.82) is 0 Å². The molecule has 2 heteroatoms. The Morgan fingerprint density at radius 2 is 1.69 bits per heavy atom. The highest BCUT2D eigenvalue weighted by Crippen LogP contribution is 2.08. The van der Waals surface area contributed by atoms with Crippen LogP contribution in [0.4, 0.5) is 0 Å².